The molecule has 23 heavy (non-hydrogen) atoms. The smallest absolute Gasteiger partial charge is 0.344 e. The van der Waals surface area contributed by atoms with Crippen LogP contribution in [0.1, 0.15) is 12.5 Å². The molecule has 0 aromatic heterocycles. The van der Waals surface area contributed by atoms with Gasteiger partial charge in [0.1, 0.15) is 5.75 Å². The largest absolute Gasteiger partial charge is 0.482 e. The van der Waals surface area contributed by atoms with Gasteiger partial charge in [-0.25, -0.2) is 4.79 Å². The highest BCUT2D eigenvalue weighted by Crippen LogP contribution is 2.31. The zero-order chi connectivity index (χ0) is 16.8. The Hall–Kier alpha value is -2.28. The van der Waals surface area contributed by atoms with Crippen LogP contribution >= 0.6 is 11.8 Å². The Morgan fingerprint density at radius 3 is 2.61 bits per heavy atom. The standard InChI is InChI=1S/C16H18N2O4S/c1-4-21-14(19)10-22-12-7-5-11(6-8-12)9-13-15(20)18(3)16(17-2)23-13/h5-9H,4,10H2,1-3H3/b13-9+,17-16?. The Labute approximate surface area is 139 Å². The SMILES string of the molecule is CCOC(=O)COc1ccc(/C=C2/SC(=NC)N(C)C2=O)cc1. The van der Waals surface area contributed by atoms with Crippen LogP contribution < -0.4 is 4.74 Å². The van der Waals surface area contributed by atoms with Crippen molar-refractivity contribution in [3.8, 4) is 5.75 Å². The molecule has 7 heteroatoms. The van der Waals surface area contributed by atoms with Gasteiger partial charge in [0.25, 0.3) is 5.91 Å². The van der Waals surface area contributed by atoms with Crippen LogP contribution in [-0.2, 0) is 14.3 Å². The predicted molar refractivity (Wildman–Crippen MR) is 90.3 cm³/mol. The molecule has 1 aromatic carbocycles. The van der Waals surface area contributed by atoms with E-state index in [1.165, 1.54) is 16.7 Å². The van der Waals surface area contributed by atoms with Crippen molar-refractivity contribution < 1.29 is 19.1 Å². The molecule has 1 saturated heterocycles. The first-order valence-corrected chi connectivity index (χ1v) is 7.89. The van der Waals surface area contributed by atoms with Gasteiger partial charge in [0.05, 0.1) is 11.5 Å². The Bertz CT molecular complexity index is 653. The Morgan fingerprint density at radius 2 is 2.04 bits per heavy atom. The van der Waals surface area contributed by atoms with E-state index in [9.17, 15) is 9.59 Å². The average molecular weight is 334 g/mol. The number of thioether (sulfide) groups is 1. The number of amides is 1. The summed E-state index contributed by atoms with van der Waals surface area (Å²) in [6, 6.07) is 7.13. The summed E-state index contributed by atoms with van der Waals surface area (Å²) in [5.74, 6) is 0.0952. The highest BCUT2D eigenvalue weighted by Gasteiger charge is 2.29. The number of carbonyl (C=O) groups excluding carboxylic acids is 2. The lowest BCUT2D eigenvalue weighted by Gasteiger charge is -2.06. The van der Waals surface area contributed by atoms with Crippen LogP contribution in [0, 0.1) is 0 Å². The molecule has 0 saturated carbocycles. The van der Waals surface area contributed by atoms with Crippen molar-refractivity contribution in [3.63, 3.8) is 0 Å². The Morgan fingerprint density at radius 1 is 1.35 bits per heavy atom. The summed E-state index contributed by atoms with van der Waals surface area (Å²) >= 11 is 1.34. The van der Waals surface area contributed by atoms with Gasteiger partial charge in [0, 0.05) is 14.1 Å². The second-order valence-corrected chi connectivity index (χ2v) is 5.65. The minimum atomic E-state index is -0.402. The van der Waals surface area contributed by atoms with Gasteiger partial charge in [-0.2, -0.15) is 0 Å². The third-order valence-corrected chi connectivity index (χ3v) is 4.19. The number of nitrogens with zero attached hydrogens (tertiary/aromatic N) is 2. The van der Waals surface area contributed by atoms with Gasteiger partial charge in [0.2, 0.25) is 0 Å². The number of ether oxygens (including phenoxy) is 2. The summed E-state index contributed by atoms with van der Waals surface area (Å²) in [7, 11) is 3.36. The van der Waals surface area contributed by atoms with Crippen LogP contribution in [0.4, 0.5) is 0 Å². The van der Waals surface area contributed by atoms with Gasteiger partial charge in [0.15, 0.2) is 11.8 Å². The molecule has 0 N–H and O–H groups in total. The molecule has 2 rings (SSSR count). The van der Waals surface area contributed by atoms with Crippen LogP contribution in [0.2, 0.25) is 0 Å². The first-order chi connectivity index (χ1) is 11.0. The van der Waals surface area contributed by atoms with Crippen LogP contribution in [0.25, 0.3) is 6.08 Å². The third-order valence-electron chi connectivity index (χ3n) is 3.03. The van der Waals surface area contributed by atoms with Crippen LogP contribution in [0.3, 0.4) is 0 Å². The average Bonchev–Trinajstić information content (AvgIpc) is 2.82. The molecule has 1 aliphatic rings. The fraction of sp³-hybridized carbons (Fsp3) is 0.312. The number of aliphatic imine (C=N–C) groups is 1. The number of amidine groups is 1. The summed E-state index contributed by atoms with van der Waals surface area (Å²) in [6.07, 6.45) is 1.80. The lowest BCUT2D eigenvalue weighted by Crippen LogP contribution is -2.23. The van der Waals surface area contributed by atoms with E-state index in [4.69, 9.17) is 9.47 Å². The van der Waals surface area contributed by atoms with E-state index < -0.39 is 5.97 Å². The van der Waals surface area contributed by atoms with E-state index in [0.717, 1.165) is 5.56 Å². The molecule has 0 atom stereocenters. The first-order valence-electron chi connectivity index (χ1n) is 7.08. The monoisotopic (exact) mass is 334 g/mol. The van der Waals surface area contributed by atoms with E-state index >= 15 is 0 Å². The fourth-order valence-corrected chi connectivity index (χ4v) is 2.83. The zero-order valence-electron chi connectivity index (χ0n) is 13.2. The van der Waals surface area contributed by atoms with Crippen molar-refractivity contribution in [2.75, 3.05) is 27.3 Å². The predicted octanol–water partition coefficient (Wildman–Crippen LogP) is 2.16. The first kappa shape index (κ1) is 17.1. The molecule has 122 valence electrons. The summed E-state index contributed by atoms with van der Waals surface area (Å²) in [4.78, 5) is 29.5. The van der Waals surface area contributed by atoms with Crippen molar-refractivity contribution in [2.24, 2.45) is 4.99 Å². The molecule has 0 bridgehead atoms. The zero-order valence-corrected chi connectivity index (χ0v) is 14.1. The maximum absolute atomic E-state index is 12.1. The summed E-state index contributed by atoms with van der Waals surface area (Å²) < 4.78 is 10.1. The Balaban J connectivity index is 2.02. The summed E-state index contributed by atoms with van der Waals surface area (Å²) in [5, 5.41) is 0.677. The number of hydrogen-bond acceptors (Lipinski definition) is 6. The van der Waals surface area contributed by atoms with Gasteiger partial charge < -0.3 is 9.47 Å². The molecular formula is C16H18N2O4S. The molecule has 0 aliphatic carbocycles. The number of esters is 1. The molecule has 0 radical (unpaired) electrons. The lowest BCUT2D eigenvalue weighted by atomic mass is 10.2. The molecule has 0 unspecified atom stereocenters. The van der Waals surface area contributed by atoms with E-state index in [1.54, 1.807) is 39.2 Å². The minimum absolute atomic E-state index is 0.0711. The van der Waals surface area contributed by atoms with Crippen molar-refractivity contribution in [3.05, 3.63) is 34.7 Å². The summed E-state index contributed by atoms with van der Waals surface area (Å²) in [6.45, 7) is 1.95. The van der Waals surface area contributed by atoms with Crippen molar-refractivity contribution in [1.29, 1.82) is 0 Å². The molecule has 1 aromatic rings. The fourth-order valence-electron chi connectivity index (χ4n) is 1.91. The molecule has 1 fully saturated rings. The van der Waals surface area contributed by atoms with Crippen LogP contribution in [0.5, 0.6) is 5.75 Å². The lowest BCUT2D eigenvalue weighted by molar-refractivity contribution is -0.145. The van der Waals surface area contributed by atoms with E-state index in [-0.39, 0.29) is 12.5 Å². The molecule has 6 nitrogen and oxygen atoms in total. The number of rotatable bonds is 5. The maximum atomic E-state index is 12.1. The molecular weight excluding hydrogens is 316 g/mol. The highest BCUT2D eigenvalue weighted by molar-refractivity contribution is 8.18. The number of carbonyl (C=O) groups is 2. The van der Waals surface area contributed by atoms with Crippen molar-refractivity contribution >= 4 is 34.9 Å². The van der Waals surface area contributed by atoms with Gasteiger partial charge in [-0.1, -0.05) is 12.1 Å². The topological polar surface area (TPSA) is 68.2 Å². The molecule has 1 aliphatic heterocycles. The van der Waals surface area contributed by atoms with Gasteiger partial charge in [-0.3, -0.25) is 14.7 Å². The number of likely N-dealkylation sites (N-methyl/N-ethyl adjacent to an activating group) is 1. The van der Waals surface area contributed by atoms with E-state index in [0.29, 0.717) is 22.4 Å². The van der Waals surface area contributed by atoms with Crippen LogP contribution in [0.15, 0.2) is 34.2 Å². The minimum Gasteiger partial charge on any atom is -0.482 e. The van der Waals surface area contributed by atoms with E-state index in [2.05, 4.69) is 4.99 Å². The Kier molecular flexibility index (Phi) is 5.81. The highest BCUT2D eigenvalue weighted by atomic mass is 32.2. The van der Waals surface area contributed by atoms with Gasteiger partial charge >= 0.3 is 5.97 Å². The van der Waals surface area contributed by atoms with E-state index in [1.807, 2.05) is 12.1 Å². The van der Waals surface area contributed by atoms with Gasteiger partial charge in [-0.15, -0.1) is 0 Å². The third kappa shape index (κ3) is 4.35. The second-order valence-electron chi connectivity index (χ2n) is 4.64. The number of hydrogen-bond donors (Lipinski definition) is 0. The molecule has 1 amide bonds. The number of benzene rings is 1. The second kappa shape index (κ2) is 7.82. The normalized spacial score (nSPS) is 17.9. The maximum Gasteiger partial charge on any atom is 0.344 e. The summed E-state index contributed by atoms with van der Waals surface area (Å²) in [5.41, 5.74) is 0.870. The van der Waals surface area contributed by atoms with Crippen molar-refractivity contribution in [1.82, 2.24) is 4.90 Å². The molecule has 0 spiro atoms. The van der Waals surface area contributed by atoms with Gasteiger partial charge in [-0.05, 0) is 42.5 Å². The van der Waals surface area contributed by atoms with Crippen molar-refractivity contribution in [2.45, 2.75) is 6.92 Å². The quantitative estimate of drug-likeness (QED) is 0.610. The van der Waals surface area contributed by atoms with Crippen LogP contribution in [-0.4, -0.2) is 49.3 Å². The molecule has 1 heterocycles.